The number of amides is 2. The van der Waals surface area contributed by atoms with Crippen molar-refractivity contribution >= 4 is 41.0 Å². The lowest BCUT2D eigenvalue weighted by atomic mass is 10.0. The second-order valence-electron chi connectivity index (χ2n) is 10.6. The molecule has 1 fully saturated rings. The van der Waals surface area contributed by atoms with E-state index >= 15 is 0 Å². The number of piperazine rings is 1. The van der Waals surface area contributed by atoms with Crippen LogP contribution in [0.1, 0.15) is 32.6 Å². The lowest BCUT2D eigenvalue weighted by molar-refractivity contribution is -0.114. The van der Waals surface area contributed by atoms with Crippen molar-refractivity contribution in [2.45, 2.75) is 25.3 Å². The van der Waals surface area contributed by atoms with E-state index in [0.29, 0.717) is 30.1 Å². The number of hydrogen-bond donors (Lipinski definition) is 0. The minimum absolute atomic E-state index is 0.00829. The van der Waals surface area contributed by atoms with Crippen LogP contribution in [0.4, 0.5) is 11.4 Å². The molecule has 6 rings (SSSR count). The third kappa shape index (κ3) is 5.79. The van der Waals surface area contributed by atoms with Gasteiger partial charge < -0.3 is 14.7 Å². The van der Waals surface area contributed by atoms with Crippen LogP contribution in [-0.4, -0.2) is 42.9 Å². The first-order valence-electron chi connectivity index (χ1n) is 14.0. The predicted octanol–water partition coefficient (Wildman–Crippen LogP) is 6.95. The Hall–Kier alpha value is -4.29. The van der Waals surface area contributed by atoms with Crippen molar-refractivity contribution in [3.8, 4) is 0 Å². The van der Waals surface area contributed by atoms with Gasteiger partial charge in [0.1, 0.15) is 0 Å². The first-order chi connectivity index (χ1) is 20.0. The van der Waals surface area contributed by atoms with Crippen LogP contribution < -0.4 is 9.80 Å². The number of carbonyl (C=O) groups is 2. The Kier molecular flexibility index (Phi) is 7.66. The maximum Gasteiger partial charge on any atom is 0.265 e. The molecule has 41 heavy (non-hydrogen) atoms. The molecule has 206 valence electrons. The second-order valence-corrected chi connectivity index (χ2v) is 11.7. The van der Waals surface area contributed by atoms with Gasteiger partial charge in [-0.3, -0.25) is 9.59 Å². The van der Waals surface area contributed by atoms with Crippen molar-refractivity contribution in [1.29, 1.82) is 0 Å². The Balaban J connectivity index is 1.18. The van der Waals surface area contributed by atoms with E-state index in [0.717, 1.165) is 34.8 Å². The summed E-state index contributed by atoms with van der Waals surface area (Å²) in [4.78, 5) is 34.9. The third-order valence-electron chi connectivity index (χ3n) is 7.81. The summed E-state index contributed by atoms with van der Waals surface area (Å²) in [5.41, 5.74) is 7.21. The first kappa shape index (κ1) is 26.9. The van der Waals surface area contributed by atoms with E-state index in [4.69, 9.17) is 0 Å². The van der Waals surface area contributed by atoms with Crippen LogP contribution in [0.2, 0.25) is 0 Å². The van der Waals surface area contributed by atoms with Crippen molar-refractivity contribution in [1.82, 2.24) is 4.90 Å². The van der Waals surface area contributed by atoms with Gasteiger partial charge in [-0.15, -0.1) is 0 Å². The normalized spacial score (nSPS) is 16.2. The summed E-state index contributed by atoms with van der Waals surface area (Å²) in [6, 6.07) is 32.4. The van der Waals surface area contributed by atoms with Gasteiger partial charge in [-0.2, -0.15) is 0 Å². The zero-order valence-corrected chi connectivity index (χ0v) is 24.2. The van der Waals surface area contributed by atoms with Gasteiger partial charge in [0.2, 0.25) is 0 Å². The van der Waals surface area contributed by atoms with Gasteiger partial charge in [0.25, 0.3) is 11.8 Å². The highest BCUT2D eigenvalue weighted by Gasteiger charge is 2.29. The number of benzene rings is 4. The Morgan fingerprint density at radius 2 is 1.54 bits per heavy atom. The van der Waals surface area contributed by atoms with E-state index in [2.05, 4.69) is 55.1 Å². The zero-order valence-electron chi connectivity index (χ0n) is 23.4. The summed E-state index contributed by atoms with van der Waals surface area (Å²) in [5, 5.41) is 0. The molecular weight excluding hydrogens is 526 g/mol. The Labute approximate surface area is 246 Å². The molecule has 0 spiro atoms. The first-order valence-corrected chi connectivity index (χ1v) is 14.8. The van der Waals surface area contributed by atoms with Crippen LogP contribution in [0.25, 0.3) is 6.08 Å². The van der Waals surface area contributed by atoms with E-state index in [9.17, 15) is 9.59 Å². The SMILES string of the molecule is Cc1ccc(C)c(CN2C(=O)/C(=C/c3ccc(C(=O)N4CCN(c5ccccc5)CC4)cc3)Sc3ccccc32)c1. The number of anilines is 2. The van der Waals surface area contributed by atoms with Gasteiger partial charge in [0.05, 0.1) is 17.1 Å². The van der Waals surface area contributed by atoms with Gasteiger partial charge in [-0.25, -0.2) is 0 Å². The van der Waals surface area contributed by atoms with Crippen molar-refractivity contribution in [3.63, 3.8) is 0 Å². The molecule has 2 heterocycles. The molecule has 2 amide bonds. The molecule has 0 unspecified atom stereocenters. The fourth-order valence-corrected chi connectivity index (χ4v) is 6.48. The van der Waals surface area contributed by atoms with Crippen molar-refractivity contribution in [3.05, 3.63) is 130 Å². The largest absolute Gasteiger partial charge is 0.368 e. The van der Waals surface area contributed by atoms with Crippen molar-refractivity contribution in [2.24, 2.45) is 0 Å². The molecule has 0 aromatic heterocycles. The van der Waals surface area contributed by atoms with E-state index in [1.807, 2.05) is 76.5 Å². The number of hydrogen-bond acceptors (Lipinski definition) is 4. The molecule has 4 aromatic carbocycles. The summed E-state index contributed by atoms with van der Waals surface area (Å²) in [7, 11) is 0. The highest BCUT2D eigenvalue weighted by molar-refractivity contribution is 8.04. The topological polar surface area (TPSA) is 43.9 Å². The molecule has 0 N–H and O–H groups in total. The maximum atomic E-state index is 13.8. The summed E-state index contributed by atoms with van der Waals surface area (Å²) in [6.07, 6.45) is 1.94. The molecule has 6 heteroatoms. The minimum atomic E-state index is -0.00829. The Morgan fingerprint density at radius 1 is 0.829 bits per heavy atom. The highest BCUT2D eigenvalue weighted by atomic mass is 32.2. The number of rotatable bonds is 5. The van der Waals surface area contributed by atoms with Gasteiger partial charge in [0.15, 0.2) is 0 Å². The number of nitrogens with zero attached hydrogens (tertiary/aromatic N) is 3. The zero-order chi connectivity index (χ0) is 28.3. The summed E-state index contributed by atoms with van der Waals surface area (Å²) in [5.74, 6) is 0.0414. The second kappa shape index (κ2) is 11.7. The van der Waals surface area contributed by atoms with Crippen LogP contribution >= 0.6 is 11.8 Å². The van der Waals surface area contributed by atoms with Crippen molar-refractivity contribution in [2.75, 3.05) is 36.0 Å². The van der Waals surface area contributed by atoms with Gasteiger partial charge >= 0.3 is 0 Å². The van der Waals surface area contributed by atoms with Crippen LogP contribution in [-0.2, 0) is 11.3 Å². The number of carbonyl (C=O) groups excluding carboxylic acids is 2. The molecule has 2 aliphatic heterocycles. The number of thioether (sulfide) groups is 1. The lowest BCUT2D eigenvalue weighted by Gasteiger charge is -2.36. The van der Waals surface area contributed by atoms with Gasteiger partial charge in [-0.05, 0) is 73.0 Å². The Bertz CT molecular complexity index is 1610. The van der Waals surface area contributed by atoms with Gasteiger partial charge in [-0.1, -0.05) is 78.0 Å². The fraction of sp³-hybridized carbons (Fsp3) is 0.200. The summed E-state index contributed by atoms with van der Waals surface area (Å²) in [6.45, 7) is 7.72. The average Bonchev–Trinajstić information content (AvgIpc) is 3.01. The monoisotopic (exact) mass is 559 g/mol. The summed E-state index contributed by atoms with van der Waals surface area (Å²) >= 11 is 1.50. The minimum Gasteiger partial charge on any atom is -0.368 e. The number of para-hydroxylation sites is 2. The fourth-order valence-electron chi connectivity index (χ4n) is 5.42. The molecule has 0 bridgehead atoms. The standard InChI is InChI=1S/C35H33N3O2S/c1-25-12-13-26(2)29(22-25)24-38-31-10-6-7-11-32(31)41-33(35(38)40)23-27-14-16-28(17-15-27)34(39)37-20-18-36(19-21-37)30-8-4-3-5-9-30/h3-17,22-23H,18-21,24H2,1-2H3/b33-23-. The molecule has 1 saturated heterocycles. The van der Waals surface area contributed by atoms with Crippen molar-refractivity contribution < 1.29 is 9.59 Å². The molecule has 2 aliphatic rings. The maximum absolute atomic E-state index is 13.8. The van der Waals surface area contributed by atoms with Crippen LogP contribution in [0.15, 0.2) is 107 Å². The quantitative estimate of drug-likeness (QED) is 0.248. The van der Waals surface area contributed by atoms with Crippen LogP contribution in [0, 0.1) is 13.8 Å². The molecule has 0 aliphatic carbocycles. The third-order valence-corrected chi connectivity index (χ3v) is 8.89. The molecule has 0 radical (unpaired) electrons. The number of fused-ring (bicyclic) bond motifs is 1. The molecule has 4 aromatic rings. The van der Waals surface area contributed by atoms with E-state index in [1.165, 1.54) is 28.6 Å². The van der Waals surface area contributed by atoms with Gasteiger partial charge in [0, 0.05) is 42.3 Å². The molecule has 0 saturated carbocycles. The van der Waals surface area contributed by atoms with E-state index < -0.39 is 0 Å². The molecule has 0 atom stereocenters. The van der Waals surface area contributed by atoms with Crippen LogP contribution in [0.3, 0.4) is 0 Å². The highest BCUT2D eigenvalue weighted by Crippen LogP contribution is 2.42. The summed E-state index contributed by atoms with van der Waals surface area (Å²) < 4.78 is 0. The lowest BCUT2D eigenvalue weighted by Crippen LogP contribution is -2.48. The molecule has 5 nitrogen and oxygen atoms in total. The predicted molar refractivity (Wildman–Crippen MR) is 168 cm³/mol. The number of aryl methyl sites for hydroxylation is 2. The van der Waals surface area contributed by atoms with E-state index in [1.54, 1.807) is 0 Å². The average molecular weight is 560 g/mol. The molecular formula is C35H33N3O2S. The van der Waals surface area contributed by atoms with Crippen LogP contribution in [0.5, 0.6) is 0 Å². The van der Waals surface area contributed by atoms with E-state index in [-0.39, 0.29) is 11.8 Å². The smallest absolute Gasteiger partial charge is 0.265 e. The Morgan fingerprint density at radius 3 is 2.29 bits per heavy atom.